The van der Waals surface area contributed by atoms with Gasteiger partial charge in [-0.3, -0.25) is 9.47 Å². The lowest BCUT2D eigenvalue weighted by atomic mass is 10.2. The minimum atomic E-state index is -0.510. The largest absolute Gasteiger partial charge is 0.322 e. The Balaban J connectivity index is 1.70. The third-order valence-electron chi connectivity index (χ3n) is 4.18. The van der Waals surface area contributed by atoms with Gasteiger partial charge < -0.3 is 5.32 Å². The number of para-hydroxylation sites is 1. The van der Waals surface area contributed by atoms with Crippen LogP contribution in [0.2, 0.25) is 5.02 Å². The van der Waals surface area contributed by atoms with Gasteiger partial charge in [0.25, 0.3) is 0 Å². The fraction of sp³-hybridized carbons (Fsp3) is 0.0500. The van der Waals surface area contributed by atoms with Crippen molar-refractivity contribution in [2.24, 2.45) is 0 Å². The first kappa shape index (κ1) is 19.1. The maximum absolute atomic E-state index is 13.8. The molecule has 0 aliphatic carbocycles. The summed E-state index contributed by atoms with van der Waals surface area (Å²) < 4.78 is 19.0. The van der Waals surface area contributed by atoms with Crippen molar-refractivity contribution in [3.8, 4) is 11.4 Å². The number of benzene rings is 2. The number of halogens is 2. The van der Waals surface area contributed by atoms with Crippen LogP contribution in [0.5, 0.6) is 0 Å². The van der Waals surface area contributed by atoms with Crippen LogP contribution in [-0.4, -0.2) is 25.0 Å². The van der Waals surface area contributed by atoms with Gasteiger partial charge in [0, 0.05) is 23.0 Å². The average molecular weight is 428 g/mol. The highest BCUT2D eigenvalue weighted by Gasteiger charge is 2.16. The summed E-state index contributed by atoms with van der Waals surface area (Å²) in [5.41, 5.74) is 0.884. The number of nitrogens with zero attached hydrogens (tertiary/aromatic N) is 4. The van der Waals surface area contributed by atoms with Gasteiger partial charge in [0.1, 0.15) is 12.4 Å². The van der Waals surface area contributed by atoms with Crippen molar-refractivity contribution < 1.29 is 9.18 Å². The van der Waals surface area contributed by atoms with Crippen LogP contribution in [0.25, 0.3) is 11.4 Å². The van der Waals surface area contributed by atoms with Gasteiger partial charge in [0.15, 0.2) is 5.82 Å². The molecule has 4 rings (SSSR count). The van der Waals surface area contributed by atoms with Gasteiger partial charge in [-0.25, -0.2) is 13.7 Å². The standard InChI is InChI=1S/C20H15ClFN5OS/c21-15-9-7-14(8-10-15)19-24-26(20(29)27(19)25-11-3-4-12-25)13-18(28)23-17-6-2-1-5-16(17)22/h1-12H,13H2,(H,23,28). The first-order chi connectivity index (χ1) is 14.0. The van der Waals surface area contributed by atoms with E-state index in [1.165, 1.54) is 16.8 Å². The molecule has 1 N–H and O–H groups in total. The molecule has 2 heterocycles. The first-order valence-electron chi connectivity index (χ1n) is 8.67. The van der Waals surface area contributed by atoms with Crippen LogP contribution in [0.15, 0.2) is 73.1 Å². The predicted molar refractivity (Wildman–Crippen MR) is 112 cm³/mol. The predicted octanol–water partition coefficient (Wildman–Crippen LogP) is 4.63. The molecule has 2 aromatic heterocycles. The van der Waals surface area contributed by atoms with Crippen LogP contribution >= 0.6 is 23.8 Å². The average Bonchev–Trinajstić information content (AvgIpc) is 3.33. The van der Waals surface area contributed by atoms with Crippen molar-refractivity contribution in [2.75, 3.05) is 5.32 Å². The number of rotatable bonds is 5. The van der Waals surface area contributed by atoms with E-state index in [2.05, 4.69) is 10.4 Å². The number of nitrogens with one attached hydrogen (secondary N) is 1. The molecule has 0 saturated carbocycles. The molecule has 0 fully saturated rings. The van der Waals surface area contributed by atoms with Gasteiger partial charge in [-0.1, -0.05) is 23.7 Å². The molecule has 0 radical (unpaired) electrons. The fourth-order valence-electron chi connectivity index (χ4n) is 2.84. The highest BCUT2D eigenvalue weighted by atomic mass is 35.5. The summed E-state index contributed by atoms with van der Waals surface area (Å²) >= 11 is 11.5. The van der Waals surface area contributed by atoms with Crippen LogP contribution in [0.4, 0.5) is 10.1 Å². The second-order valence-electron chi connectivity index (χ2n) is 6.17. The maximum Gasteiger partial charge on any atom is 0.246 e. The van der Waals surface area contributed by atoms with E-state index in [0.717, 1.165) is 5.56 Å². The molecule has 0 unspecified atom stereocenters. The van der Waals surface area contributed by atoms with Crippen molar-refractivity contribution >= 4 is 35.4 Å². The molecule has 29 heavy (non-hydrogen) atoms. The van der Waals surface area contributed by atoms with E-state index in [9.17, 15) is 9.18 Å². The second-order valence-corrected chi connectivity index (χ2v) is 6.98. The van der Waals surface area contributed by atoms with E-state index >= 15 is 0 Å². The zero-order chi connectivity index (χ0) is 20.4. The van der Waals surface area contributed by atoms with Crippen molar-refractivity contribution in [1.29, 1.82) is 0 Å². The Hall–Kier alpha value is -3.23. The third-order valence-corrected chi connectivity index (χ3v) is 4.82. The highest BCUT2D eigenvalue weighted by Crippen LogP contribution is 2.21. The van der Waals surface area contributed by atoms with Gasteiger partial charge in [0.2, 0.25) is 10.7 Å². The van der Waals surface area contributed by atoms with Crippen LogP contribution in [0.1, 0.15) is 0 Å². The van der Waals surface area contributed by atoms with Gasteiger partial charge >= 0.3 is 0 Å². The summed E-state index contributed by atoms with van der Waals surface area (Å²) in [7, 11) is 0. The molecule has 146 valence electrons. The Morgan fingerprint density at radius 3 is 2.45 bits per heavy atom. The Bertz CT molecular complexity index is 1210. The van der Waals surface area contributed by atoms with Crippen LogP contribution in [0, 0.1) is 10.6 Å². The Morgan fingerprint density at radius 2 is 1.76 bits per heavy atom. The van der Waals surface area contributed by atoms with Crippen molar-refractivity contribution in [3.63, 3.8) is 0 Å². The minimum Gasteiger partial charge on any atom is -0.322 e. The number of anilines is 1. The number of amides is 1. The summed E-state index contributed by atoms with van der Waals surface area (Å²) in [6.07, 6.45) is 3.64. The van der Waals surface area contributed by atoms with Crippen LogP contribution in [-0.2, 0) is 11.3 Å². The number of carbonyl (C=O) groups is 1. The molecule has 9 heteroatoms. The van der Waals surface area contributed by atoms with E-state index in [0.29, 0.717) is 15.6 Å². The lowest BCUT2D eigenvalue weighted by Gasteiger charge is -2.07. The monoisotopic (exact) mass is 427 g/mol. The number of hydrogen-bond donors (Lipinski definition) is 1. The molecule has 0 aliphatic rings. The van der Waals surface area contributed by atoms with E-state index < -0.39 is 11.7 Å². The maximum atomic E-state index is 13.8. The van der Waals surface area contributed by atoms with Gasteiger partial charge in [-0.15, -0.1) is 5.10 Å². The zero-order valence-electron chi connectivity index (χ0n) is 15.0. The van der Waals surface area contributed by atoms with Crippen LogP contribution in [0.3, 0.4) is 0 Å². The van der Waals surface area contributed by atoms with Gasteiger partial charge in [-0.05, 0) is 60.7 Å². The lowest BCUT2D eigenvalue weighted by molar-refractivity contribution is -0.117. The topological polar surface area (TPSA) is 56.8 Å². The van der Waals surface area contributed by atoms with Crippen LogP contribution < -0.4 is 5.32 Å². The van der Waals surface area contributed by atoms with E-state index in [1.807, 2.05) is 36.7 Å². The number of aromatic nitrogens is 4. The fourth-order valence-corrected chi connectivity index (χ4v) is 3.25. The highest BCUT2D eigenvalue weighted by molar-refractivity contribution is 7.71. The second kappa shape index (κ2) is 8.02. The van der Waals surface area contributed by atoms with Crippen molar-refractivity contribution in [1.82, 2.24) is 19.1 Å². The number of carbonyl (C=O) groups excluding carboxylic acids is 1. The lowest BCUT2D eigenvalue weighted by Crippen LogP contribution is -2.20. The Labute approximate surface area is 175 Å². The molecule has 0 atom stereocenters. The molecule has 0 bridgehead atoms. The Kier molecular flexibility index (Phi) is 5.28. The summed E-state index contributed by atoms with van der Waals surface area (Å²) in [5, 5.41) is 7.67. The molecule has 1 amide bonds. The molecule has 4 aromatic rings. The van der Waals surface area contributed by atoms with Crippen molar-refractivity contribution in [3.05, 3.63) is 88.7 Å². The van der Waals surface area contributed by atoms with Gasteiger partial charge in [0.05, 0.1) is 5.69 Å². The number of hydrogen-bond acceptors (Lipinski definition) is 3. The Morgan fingerprint density at radius 1 is 1.07 bits per heavy atom. The molecule has 0 spiro atoms. The normalized spacial score (nSPS) is 10.8. The van der Waals surface area contributed by atoms with Gasteiger partial charge in [-0.2, -0.15) is 0 Å². The molecule has 0 aliphatic heterocycles. The summed E-state index contributed by atoms with van der Waals surface area (Å²) in [6, 6.07) is 16.8. The molecular weight excluding hydrogens is 413 g/mol. The minimum absolute atomic E-state index is 0.104. The van der Waals surface area contributed by atoms with E-state index in [1.54, 1.807) is 33.6 Å². The molecule has 2 aromatic carbocycles. The zero-order valence-corrected chi connectivity index (χ0v) is 16.6. The summed E-state index contributed by atoms with van der Waals surface area (Å²) in [4.78, 5) is 12.5. The molecular formula is C20H15ClFN5OS. The summed E-state index contributed by atoms with van der Waals surface area (Å²) in [6.45, 7) is -0.165. The SMILES string of the molecule is O=C(Cn1nc(-c2ccc(Cl)cc2)n(-n2cccc2)c1=S)Nc1ccccc1F. The molecule has 0 saturated heterocycles. The van der Waals surface area contributed by atoms with E-state index in [4.69, 9.17) is 23.8 Å². The first-order valence-corrected chi connectivity index (χ1v) is 9.45. The quantitative estimate of drug-likeness (QED) is 0.472. The van der Waals surface area contributed by atoms with E-state index in [-0.39, 0.29) is 12.2 Å². The van der Waals surface area contributed by atoms with Crippen molar-refractivity contribution in [2.45, 2.75) is 6.54 Å². The smallest absolute Gasteiger partial charge is 0.246 e. The third kappa shape index (κ3) is 3.98. The molecule has 6 nitrogen and oxygen atoms in total. The summed E-state index contributed by atoms with van der Waals surface area (Å²) in [5.74, 6) is -0.406.